The zero-order chi connectivity index (χ0) is 19.6. The van der Waals surface area contributed by atoms with Crippen LogP contribution in [0.3, 0.4) is 0 Å². The lowest BCUT2D eigenvalue weighted by Gasteiger charge is -2.19. The van der Waals surface area contributed by atoms with Gasteiger partial charge in [-0.05, 0) is 49.6 Å². The maximum Gasteiger partial charge on any atom is 0.220 e. The first-order valence-corrected chi connectivity index (χ1v) is 9.28. The number of hydrogen-bond donors (Lipinski definition) is 1. The van der Waals surface area contributed by atoms with Crippen LogP contribution in [0.15, 0.2) is 42.5 Å². The van der Waals surface area contributed by atoms with Crippen LogP contribution in [-0.4, -0.2) is 26.7 Å². The molecule has 0 aliphatic rings. The summed E-state index contributed by atoms with van der Waals surface area (Å²) in [7, 11) is 3.21. The number of carbonyl (C=O) groups excluding carboxylic acids is 1. The minimum absolute atomic E-state index is 0.0177. The summed E-state index contributed by atoms with van der Waals surface area (Å²) in [5.41, 5.74) is 2.20. The highest BCUT2D eigenvalue weighted by molar-refractivity contribution is 5.76. The largest absolute Gasteiger partial charge is 0.494 e. The minimum atomic E-state index is -0.0599. The molecule has 0 unspecified atom stereocenters. The van der Waals surface area contributed by atoms with E-state index >= 15 is 0 Å². The van der Waals surface area contributed by atoms with E-state index < -0.39 is 0 Å². The summed E-state index contributed by atoms with van der Waals surface area (Å²) in [6, 6.07) is 13.6. The van der Waals surface area contributed by atoms with Gasteiger partial charge < -0.3 is 19.5 Å². The molecule has 0 saturated carbocycles. The van der Waals surface area contributed by atoms with Crippen LogP contribution >= 0.6 is 0 Å². The van der Waals surface area contributed by atoms with Crippen molar-refractivity contribution in [1.29, 1.82) is 0 Å². The van der Waals surface area contributed by atoms with Crippen molar-refractivity contribution in [2.45, 2.75) is 39.2 Å². The molecule has 1 N–H and O–H groups in total. The Morgan fingerprint density at radius 3 is 2.37 bits per heavy atom. The number of aryl methyl sites for hydroxylation is 1. The van der Waals surface area contributed by atoms with E-state index in [1.165, 1.54) is 5.56 Å². The molecule has 0 saturated heterocycles. The fraction of sp³-hybridized carbons (Fsp3) is 0.409. The van der Waals surface area contributed by atoms with Crippen LogP contribution in [0, 0.1) is 6.92 Å². The summed E-state index contributed by atoms with van der Waals surface area (Å²) in [4.78, 5) is 12.3. The second-order valence-electron chi connectivity index (χ2n) is 6.41. The highest BCUT2D eigenvalue weighted by Gasteiger charge is 2.15. The third-order valence-corrected chi connectivity index (χ3v) is 4.39. The number of benzene rings is 2. The Morgan fingerprint density at radius 2 is 1.74 bits per heavy atom. The number of carbonyl (C=O) groups is 1. The summed E-state index contributed by atoms with van der Waals surface area (Å²) in [5, 5.41) is 3.09. The van der Waals surface area contributed by atoms with Crippen LogP contribution in [0.25, 0.3) is 0 Å². The van der Waals surface area contributed by atoms with Crippen molar-refractivity contribution in [3.63, 3.8) is 0 Å². The van der Waals surface area contributed by atoms with Crippen molar-refractivity contribution in [3.05, 3.63) is 53.6 Å². The number of methoxy groups -OCH3 is 2. The van der Waals surface area contributed by atoms with Gasteiger partial charge in [-0.1, -0.05) is 30.7 Å². The molecular weight excluding hydrogens is 342 g/mol. The van der Waals surface area contributed by atoms with Gasteiger partial charge in [-0.3, -0.25) is 4.79 Å². The summed E-state index contributed by atoms with van der Waals surface area (Å²) in [6.07, 6.45) is 1.89. The van der Waals surface area contributed by atoms with Gasteiger partial charge in [-0.25, -0.2) is 0 Å². The van der Waals surface area contributed by atoms with Crippen molar-refractivity contribution < 1.29 is 19.0 Å². The molecule has 0 radical (unpaired) electrons. The molecule has 2 aromatic carbocycles. The van der Waals surface area contributed by atoms with Crippen molar-refractivity contribution in [2.24, 2.45) is 0 Å². The first kappa shape index (κ1) is 20.6. The van der Waals surface area contributed by atoms with E-state index in [-0.39, 0.29) is 11.9 Å². The molecule has 0 aliphatic heterocycles. The number of rotatable bonds is 10. The Labute approximate surface area is 161 Å². The number of nitrogens with one attached hydrogen (secondary N) is 1. The van der Waals surface area contributed by atoms with E-state index in [0.717, 1.165) is 17.7 Å². The highest BCUT2D eigenvalue weighted by Crippen LogP contribution is 2.30. The molecule has 0 fully saturated rings. The molecule has 0 spiro atoms. The summed E-state index contributed by atoms with van der Waals surface area (Å²) in [5.74, 6) is 2.19. The Bertz CT molecular complexity index is 728. The summed E-state index contributed by atoms with van der Waals surface area (Å²) >= 11 is 0. The Hall–Kier alpha value is -2.69. The van der Waals surface area contributed by atoms with E-state index in [0.29, 0.717) is 30.9 Å². The van der Waals surface area contributed by atoms with E-state index in [1.807, 2.05) is 56.3 Å². The molecular formula is C22H29NO4. The fourth-order valence-electron chi connectivity index (χ4n) is 2.81. The Kier molecular flexibility index (Phi) is 7.99. The molecule has 0 aromatic heterocycles. The number of hydrogen-bond acceptors (Lipinski definition) is 4. The van der Waals surface area contributed by atoms with Crippen molar-refractivity contribution in [1.82, 2.24) is 5.32 Å². The molecule has 0 bridgehead atoms. The average Bonchev–Trinajstić information content (AvgIpc) is 2.70. The molecule has 1 atom stereocenters. The second kappa shape index (κ2) is 10.5. The van der Waals surface area contributed by atoms with Crippen LogP contribution < -0.4 is 19.5 Å². The smallest absolute Gasteiger partial charge is 0.220 e. The van der Waals surface area contributed by atoms with Crippen molar-refractivity contribution in [3.8, 4) is 17.2 Å². The van der Waals surface area contributed by atoms with Crippen LogP contribution in [0.2, 0.25) is 0 Å². The van der Waals surface area contributed by atoms with Gasteiger partial charge in [0.05, 0.1) is 26.9 Å². The van der Waals surface area contributed by atoms with Gasteiger partial charge >= 0.3 is 0 Å². The van der Waals surface area contributed by atoms with Crippen molar-refractivity contribution in [2.75, 3.05) is 20.8 Å². The zero-order valence-electron chi connectivity index (χ0n) is 16.6. The zero-order valence-corrected chi connectivity index (χ0v) is 16.6. The van der Waals surface area contributed by atoms with Crippen LogP contribution in [0.4, 0.5) is 0 Å². The lowest BCUT2D eigenvalue weighted by atomic mass is 10.0. The summed E-state index contributed by atoms with van der Waals surface area (Å²) in [6.45, 7) is 4.60. The van der Waals surface area contributed by atoms with Crippen LogP contribution in [-0.2, 0) is 4.79 Å². The third kappa shape index (κ3) is 6.20. The van der Waals surface area contributed by atoms with Gasteiger partial charge in [0, 0.05) is 6.42 Å². The molecule has 0 aliphatic carbocycles. The highest BCUT2D eigenvalue weighted by atomic mass is 16.5. The molecule has 2 aromatic rings. The van der Waals surface area contributed by atoms with Gasteiger partial charge in [0.1, 0.15) is 5.75 Å². The van der Waals surface area contributed by atoms with Crippen molar-refractivity contribution >= 4 is 5.91 Å². The lowest BCUT2D eigenvalue weighted by Crippen LogP contribution is -2.28. The minimum Gasteiger partial charge on any atom is -0.494 e. The fourth-order valence-corrected chi connectivity index (χ4v) is 2.81. The SMILES string of the molecule is CC[C@H](NC(=O)CCCOc1ccc(C)cc1)c1ccc(OC)c(OC)c1. The predicted octanol–water partition coefficient (Wildman–Crippen LogP) is 4.44. The normalized spacial score (nSPS) is 11.6. The molecule has 146 valence electrons. The van der Waals surface area contributed by atoms with E-state index in [2.05, 4.69) is 5.32 Å². The topological polar surface area (TPSA) is 56.8 Å². The molecule has 5 nitrogen and oxygen atoms in total. The lowest BCUT2D eigenvalue weighted by molar-refractivity contribution is -0.122. The van der Waals surface area contributed by atoms with Gasteiger partial charge in [-0.2, -0.15) is 0 Å². The number of amides is 1. The molecule has 27 heavy (non-hydrogen) atoms. The summed E-state index contributed by atoms with van der Waals surface area (Å²) < 4.78 is 16.3. The first-order valence-electron chi connectivity index (χ1n) is 9.28. The maximum absolute atomic E-state index is 12.3. The Balaban J connectivity index is 1.83. The Morgan fingerprint density at radius 1 is 1.04 bits per heavy atom. The van der Waals surface area contributed by atoms with Crippen LogP contribution in [0.5, 0.6) is 17.2 Å². The molecule has 1 amide bonds. The third-order valence-electron chi connectivity index (χ3n) is 4.39. The van der Waals surface area contributed by atoms with E-state index in [9.17, 15) is 4.79 Å². The standard InChI is InChI=1S/C22H29NO4/c1-5-19(17-10-13-20(25-3)21(15-17)26-4)23-22(24)7-6-14-27-18-11-8-16(2)9-12-18/h8-13,15,19H,5-7,14H2,1-4H3,(H,23,24)/t19-/m0/s1. The van der Waals surface area contributed by atoms with Gasteiger partial charge in [0.15, 0.2) is 11.5 Å². The van der Waals surface area contributed by atoms with Crippen LogP contribution in [0.1, 0.15) is 43.4 Å². The van der Waals surface area contributed by atoms with Gasteiger partial charge in [0.25, 0.3) is 0 Å². The molecule has 0 heterocycles. The monoisotopic (exact) mass is 371 g/mol. The number of ether oxygens (including phenoxy) is 3. The van der Waals surface area contributed by atoms with E-state index in [1.54, 1.807) is 14.2 Å². The van der Waals surface area contributed by atoms with Gasteiger partial charge in [-0.15, -0.1) is 0 Å². The molecule has 2 rings (SSSR count). The average molecular weight is 371 g/mol. The predicted molar refractivity (Wildman–Crippen MR) is 107 cm³/mol. The van der Waals surface area contributed by atoms with E-state index in [4.69, 9.17) is 14.2 Å². The quantitative estimate of drug-likeness (QED) is 0.628. The maximum atomic E-state index is 12.3. The molecule has 5 heteroatoms. The van der Waals surface area contributed by atoms with Gasteiger partial charge in [0.2, 0.25) is 5.91 Å². The second-order valence-corrected chi connectivity index (χ2v) is 6.41. The first-order chi connectivity index (χ1) is 13.1.